The molecule has 1 rings (SSSR count). The predicted molar refractivity (Wildman–Crippen MR) is 69.2 cm³/mol. The van der Waals surface area contributed by atoms with Gasteiger partial charge >= 0.3 is 0 Å². The van der Waals surface area contributed by atoms with Crippen molar-refractivity contribution in [1.82, 2.24) is 0 Å². The molecule has 1 nitrogen and oxygen atoms in total. The summed E-state index contributed by atoms with van der Waals surface area (Å²) in [5.74, 6) is 1.01. The van der Waals surface area contributed by atoms with E-state index in [1.165, 1.54) is 16.0 Å². The second kappa shape index (κ2) is 5.99. The van der Waals surface area contributed by atoms with Crippen LogP contribution in [-0.4, -0.2) is 5.75 Å². The maximum atomic E-state index is 5.79. The minimum absolute atomic E-state index is 0.120. The fourth-order valence-electron chi connectivity index (χ4n) is 1.16. The van der Waals surface area contributed by atoms with E-state index in [0.717, 1.165) is 12.2 Å². The fraction of sp³-hybridized carbons (Fsp3) is 0.385. The normalized spacial score (nSPS) is 12.5. The van der Waals surface area contributed by atoms with E-state index < -0.39 is 0 Å². The molecule has 0 aromatic heterocycles. The maximum Gasteiger partial charge on any atom is 0.0266 e. The average Bonchev–Trinajstić information content (AvgIpc) is 2.26. The number of rotatable bonds is 5. The third-order valence-corrected chi connectivity index (χ3v) is 3.51. The van der Waals surface area contributed by atoms with Crippen LogP contribution in [0.4, 0.5) is 0 Å². The van der Waals surface area contributed by atoms with Crippen LogP contribution in [0.2, 0.25) is 0 Å². The maximum absolute atomic E-state index is 5.79. The molecule has 1 atom stereocenters. The van der Waals surface area contributed by atoms with Crippen molar-refractivity contribution in [1.29, 1.82) is 0 Å². The minimum atomic E-state index is 0.120. The lowest BCUT2D eigenvalue weighted by atomic mass is 10.1. The molecule has 0 fully saturated rings. The van der Waals surface area contributed by atoms with E-state index in [-0.39, 0.29) is 6.04 Å². The van der Waals surface area contributed by atoms with Gasteiger partial charge in [0.15, 0.2) is 0 Å². The Morgan fingerprint density at radius 2 is 2.00 bits per heavy atom. The summed E-state index contributed by atoms with van der Waals surface area (Å²) in [5, 5.41) is 0. The van der Waals surface area contributed by atoms with Gasteiger partial charge in [-0.05, 0) is 31.0 Å². The molecule has 0 aliphatic carbocycles. The van der Waals surface area contributed by atoms with Crippen LogP contribution in [0.15, 0.2) is 41.3 Å². The van der Waals surface area contributed by atoms with Gasteiger partial charge in [0, 0.05) is 16.7 Å². The van der Waals surface area contributed by atoms with Crippen molar-refractivity contribution < 1.29 is 0 Å². The number of hydrogen-bond donors (Lipinski definition) is 1. The van der Waals surface area contributed by atoms with E-state index in [9.17, 15) is 0 Å². The monoisotopic (exact) mass is 221 g/mol. The standard InChI is InChI=1S/C13H19NS/c1-4-10(2)9-15-13-7-5-12(6-8-13)11(3)14/h5-8,11H,2,4,9,14H2,1,3H3. The summed E-state index contributed by atoms with van der Waals surface area (Å²) in [6.45, 7) is 8.14. The summed E-state index contributed by atoms with van der Waals surface area (Å²) in [5.41, 5.74) is 8.26. The molecule has 1 aromatic rings. The van der Waals surface area contributed by atoms with Crippen LogP contribution in [0.3, 0.4) is 0 Å². The number of benzene rings is 1. The van der Waals surface area contributed by atoms with Gasteiger partial charge in [-0.2, -0.15) is 0 Å². The molecule has 0 saturated carbocycles. The van der Waals surface area contributed by atoms with Gasteiger partial charge in [-0.1, -0.05) is 31.2 Å². The third kappa shape index (κ3) is 4.10. The molecule has 1 unspecified atom stereocenters. The van der Waals surface area contributed by atoms with Crippen molar-refractivity contribution in [3.05, 3.63) is 42.0 Å². The van der Waals surface area contributed by atoms with Crippen LogP contribution in [0.1, 0.15) is 31.9 Å². The topological polar surface area (TPSA) is 26.0 Å². The van der Waals surface area contributed by atoms with Gasteiger partial charge < -0.3 is 5.73 Å². The van der Waals surface area contributed by atoms with Crippen LogP contribution in [-0.2, 0) is 0 Å². The molecule has 2 N–H and O–H groups in total. The van der Waals surface area contributed by atoms with Gasteiger partial charge in [0.25, 0.3) is 0 Å². The van der Waals surface area contributed by atoms with Crippen molar-refractivity contribution in [2.75, 3.05) is 5.75 Å². The Morgan fingerprint density at radius 1 is 1.40 bits per heavy atom. The summed E-state index contributed by atoms with van der Waals surface area (Å²) in [4.78, 5) is 1.29. The first-order valence-corrected chi connectivity index (χ1v) is 6.27. The summed E-state index contributed by atoms with van der Waals surface area (Å²) < 4.78 is 0. The van der Waals surface area contributed by atoms with Crippen LogP contribution >= 0.6 is 11.8 Å². The summed E-state index contributed by atoms with van der Waals surface area (Å²) >= 11 is 1.83. The quantitative estimate of drug-likeness (QED) is 0.605. The Labute approximate surface area is 96.8 Å². The van der Waals surface area contributed by atoms with Crippen molar-refractivity contribution in [2.45, 2.75) is 31.2 Å². The summed E-state index contributed by atoms with van der Waals surface area (Å²) in [6.07, 6.45) is 1.06. The zero-order chi connectivity index (χ0) is 11.3. The third-order valence-electron chi connectivity index (χ3n) is 2.35. The van der Waals surface area contributed by atoms with Gasteiger partial charge in [0.05, 0.1) is 0 Å². The first-order valence-electron chi connectivity index (χ1n) is 5.28. The smallest absolute Gasteiger partial charge is 0.0266 e. The Kier molecular flexibility index (Phi) is 4.92. The molecule has 15 heavy (non-hydrogen) atoms. The molecule has 2 heteroatoms. The number of nitrogens with two attached hydrogens (primary N) is 1. The van der Waals surface area contributed by atoms with E-state index in [2.05, 4.69) is 37.8 Å². The largest absolute Gasteiger partial charge is 0.324 e. The van der Waals surface area contributed by atoms with Gasteiger partial charge in [0.2, 0.25) is 0 Å². The van der Waals surface area contributed by atoms with Crippen molar-refractivity contribution in [2.24, 2.45) is 5.73 Å². The molecule has 0 aliphatic rings. The van der Waals surface area contributed by atoms with Gasteiger partial charge in [-0.25, -0.2) is 0 Å². The highest BCUT2D eigenvalue weighted by Gasteiger charge is 1.99. The van der Waals surface area contributed by atoms with Crippen LogP contribution in [0, 0.1) is 0 Å². The second-order valence-electron chi connectivity index (χ2n) is 3.75. The fourth-order valence-corrected chi connectivity index (χ4v) is 2.06. The Hall–Kier alpha value is -0.730. The molecule has 0 spiro atoms. The van der Waals surface area contributed by atoms with E-state index >= 15 is 0 Å². The second-order valence-corrected chi connectivity index (χ2v) is 4.80. The van der Waals surface area contributed by atoms with E-state index in [1.54, 1.807) is 0 Å². The Balaban J connectivity index is 2.53. The molecule has 0 radical (unpaired) electrons. The molecular weight excluding hydrogens is 202 g/mol. The molecule has 0 saturated heterocycles. The van der Waals surface area contributed by atoms with Crippen molar-refractivity contribution >= 4 is 11.8 Å². The van der Waals surface area contributed by atoms with Gasteiger partial charge in [-0.15, -0.1) is 11.8 Å². The Bertz CT molecular complexity index is 314. The summed E-state index contributed by atoms with van der Waals surface area (Å²) in [7, 11) is 0. The molecular formula is C13H19NS. The van der Waals surface area contributed by atoms with E-state index in [0.29, 0.717) is 0 Å². The molecule has 0 amide bonds. The van der Waals surface area contributed by atoms with E-state index in [1.807, 2.05) is 18.7 Å². The van der Waals surface area contributed by atoms with Crippen LogP contribution in [0.5, 0.6) is 0 Å². The lowest BCUT2D eigenvalue weighted by Crippen LogP contribution is -2.04. The highest BCUT2D eigenvalue weighted by Crippen LogP contribution is 2.22. The Morgan fingerprint density at radius 3 is 2.47 bits per heavy atom. The van der Waals surface area contributed by atoms with Crippen molar-refractivity contribution in [3.8, 4) is 0 Å². The SMILES string of the molecule is C=C(CC)CSc1ccc(C(C)N)cc1. The first-order chi connectivity index (χ1) is 7.13. The predicted octanol–water partition coefficient (Wildman–Crippen LogP) is 3.76. The molecule has 82 valence electrons. The molecule has 0 aliphatic heterocycles. The molecule has 0 heterocycles. The van der Waals surface area contributed by atoms with E-state index in [4.69, 9.17) is 5.73 Å². The highest BCUT2D eigenvalue weighted by atomic mass is 32.2. The summed E-state index contributed by atoms with van der Waals surface area (Å²) in [6, 6.07) is 8.58. The minimum Gasteiger partial charge on any atom is -0.324 e. The van der Waals surface area contributed by atoms with Gasteiger partial charge in [0.1, 0.15) is 0 Å². The zero-order valence-corrected chi connectivity index (χ0v) is 10.3. The van der Waals surface area contributed by atoms with Crippen LogP contribution in [0.25, 0.3) is 0 Å². The molecule has 1 aromatic carbocycles. The van der Waals surface area contributed by atoms with Crippen molar-refractivity contribution in [3.63, 3.8) is 0 Å². The van der Waals surface area contributed by atoms with Crippen LogP contribution < -0.4 is 5.73 Å². The number of hydrogen-bond acceptors (Lipinski definition) is 2. The highest BCUT2D eigenvalue weighted by molar-refractivity contribution is 7.99. The average molecular weight is 221 g/mol. The van der Waals surface area contributed by atoms with Gasteiger partial charge in [-0.3, -0.25) is 0 Å². The molecule has 0 bridgehead atoms. The lowest BCUT2D eigenvalue weighted by molar-refractivity contribution is 0.817. The lowest BCUT2D eigenvalue weighted by Gasteiger charge is -2.07. The zero-order valence-electron chi connectivity index (χ0n) is 9.49. The number of thioether (sulfide) groups is 1. The first kappa shape index (κ1) is 12.3.